The van der Waals surface area contributed by atoms with Crippen LogP contribution >= 0.6 is 0 Å². The Hall–Kier alpha value is -3.85. The van der Waals surface area contributed by atoms with E-state index >= 15 is 0 Å². The van der Waals surface area contributed by atoms with Crippen LogP contribution in [0.3, 0.4) is 0 Å². The summed E-state index contributed by atoms with van der Waals surface area (Å²) in [7, 11) is 2.90. The van der Waals surface area contributed by atoms with Crippen molar-refractivity contribution in [2.24, 2.45) is 0 Å². The molecule has 6 heteroatoms. The van der Waals surface area contributed by atoms with Crippen molar-refractivity contribution >= 4 is 17.6 Å². The van der Waals surface area contributed by atoms with E-state index in [2.05, 4.69) is 5.92 Å². The van der Waals surface area contributed by atoms with Crippen molar-refractivity contribution in [1.82, 2.24) is 0 Å². The topological polar surface area (TPSA) is 85.2 Å². The fourth-order valence-electron chi connectivity index (χ4n) is 2.31. The molecule has 0 aliphatic rings. The van der Waals surface area contributed by atoms with E-state index in [1.165, 1.54) is 26.4 Å². The summed E-state index contributed by atoms with van der Waals surface area (Å²) >= 11 is 0. The Kier molecular flexibility index (Phi) is 7.12. The first-order chi connectivity index (χ1) is 13.5. The maximum absolute atomic E-state index is 12.1. The summed E-state index contributed by atoms with van der Waals surface area (Å²) in [6.45, 7) is 0.0862. The SMILES string of the molecule is C#CCOc1ccc(/C(O)=C/C(=O)/C=C/c2ccc(O)c(OC)c2)cc1OC. The molecule has 0 unspecified atom stereocenters. The molecule has 2 N–H and O–H groups in total. The molecule has 28 heavy (non-hydrogen) atoms. The number of methoxy groups -OCH3 is 2. The highest BCUT2D eigenvalue weighted by Crippen LogP contribution is 2.30. The number of aliphatic hydroxyl groups excluding tert-OH is 1. The van der Waals surface area contributed by atoms with E-state index in [0.29, 0.717) is 28.4 Å². The number of allylic oxidation sites excluding steroid dienone is 2. The fourth-order valence-corrected chi connectivity index (χ4v) is 2.31. The third-order valence-electron chi connectivity index (χ3n) is 3.69. The first kappa shape index (κ1) is 20.5. The molecule has 0 saturated heterocycles. The summed E-state index contributed by atoms with van der Waals surface area (Å²) in [6, 6.07) is 9.40. The largest absolute Gasteiger partial charge is 0.507 e. The maximum atomic E-state index is 12.1. The van der Waals surface area contributed by atoms with Crippen LogP contribution in [0.5, 0.6) is 23.0 Å². The third kappa shape index (κ3) is 5.32. The molecule has 144 valence electrons. The van der Waals surface area contributed by atoms with Gasteiger partial charge in [-0.3, -0.25) is 4.79 Å². The van der Waals surface area contributed by atoms with Crippen molar-refractivity contribution in [1.29, 1.82) is 0 Å². The number of phenolic OH excluding ortho intramolecular Hbond substituents is 1. The van der Waals surface area contributed by atoms with Crippen LogP contribution in [0.25, 0.3) is 11.8 Å². The molecule has 2 aromatic carbocycles. The van der Waals surface area contributed by atoms with E-state index in [-0.39, 0.29) is 18.1 Å². The Morgan fingerprint density at radius 2 is 1.86 bits per heavy atom. The van der Waals surface area contributed by atoms with Gasteiger partial charge in [0.15, 0.2) is 28.8 Å². The standard InChI is InChI=1S/C22H20O6/c1-4-11-28-20-10-7-16(13-22(20)27-3)19(25)14-17(23)8-5-15-6-9-18(24)21(12-15)26-2/h1,5-10,12-14,24-25H,11H2,2-3H3/b8-5+,19-14-. The van der Waals surface area contributed by atoms with Gasteiger partial charge in [0, 0.05) is 11.6 Å². The van der Waals surface area contributed by atoms with Crippen LogP contribution in [0.4, 0.5) is 0 Å². The molecule has 0 aromatic heterocycles. The van der Waals surface area contributed by atoms with Crippen molar-refractivity contribution in [2.45, 2.75) is 0 Å². The fraction of sp³-hybridized carbons (Fsp3) is 0.136. The van der Waals surface area contributed by atoms with Crippen LogP contribution in [0.15, 0.2) is 48.6 Å². The van der Waals surface area contributed by atoms with Gasteiger partial charge in [-0.05, 0) is 42.0 Å². The van der Waals surface area contributed by atoms with Crippen LogP contribution in [0.2, 0.25) is 0 Å². The van der Waals surface area contributed by atoms with Gasteiger partial charge in [0.2, 0.25) is 0 Å². The molecule has 2 aromatic rings. The minimum Gasteiger partial charge on any atom is -0.507 e. The number of ether oxygens (including phenoxy) is 3. The molecule has 2 rings (SSSR count). The highest BCUT2D eigenvalue weighted by Gasteiger charge is 2.09. The van der Waals surface area contributed by atoms with Crippen LogP contribution in [0, 0.1) is 12.3 Å². The van der Waals surface area contributed by atoms with Crippen LogP contribution in [-0.4, -0.2) is 36.8 Å². The number of hydrogen-bond donors (Lipinski definition) is 2. The third-order valence-corrected chi connectivity index (χ3v) is 3.69. The molecular weight excluding hydrogens is 360 g/mol. The van der Waals surface area contributed by atoms with Gasteiger partial charge in [-0.1, -0.05) is 18.1 Å². The highest BCUT2D eigenvalue weighted by atomic mass is 16.5. The lowest BCUT2D eigenvalue weighted by atomic mass is 10.1. The number of carbonyl (C=O) groups is 1. The Labute approximate surface area is 163 Å². The van der Waals surface area contributed by atoms with Crippen molar-refractivity contribution in [3.05, 3.63) is 59.7 Å². The van der Waals surface area contributed by atoms with Crippen molar-refractivity contribution < 1.29 is 29.2 Å². The molecule has 0 heterocycles. The molecule has 0 saturated carbocycles. The van der Waals surface area contributed by atoms with Crippen LogP contribution in [-0.2, 0) is 4.79 Å². The van der Waals surface area contributed by atoms with Gasteiger partial charge in [0.25, 0.3) is 0 Å². The average molecular weight is 380 g/mol. The van der Waals surface area contributed by atoms with Gasteiger partial charge >= 0.3 is 0 Å². The van der Waals surface area contributed by atoms with Crippen molar-refractivity contribution in [2.75, 3.05) is 20.8 Å². The van der Waals surface area contributed by atoms with Crippen LogP contribution < -0.4 is 14.2 Å². The van der Waals surface area contributed by atoms with Gasteiger partial charge in [-0.15, -0.1) is 6.42 Å². The lowest BCUT2D eigenvalue weighted by Crippen LogP contribution is -1.98. The number of phenols is 1. The Balaban J connectivity index is 2.16. The monoisotopic (exact) mass is 380 g/mol. The molecule has 0 aliphatic carbocycles. The summed E-state index contributed by atoms with van der Waals surface area (Å²) in [6.07, 6.45) is 9.10. The lowest BCUT2D eigenvalue weighted by molar-refractivity contribution is -0.110. The smallest absolute Gasteiger partial charge is 0.182 e. The lowest BCUT2D eigenvalue weighted by Gasteiger charge is -2.10. The van der Waals surface area contributed by atoms with Gasteiger partial charge < -0.3 is 24.4 Å². The first-order valence-electron chi connectivity index (χ1n) is 8.23. The molecule has 0 fully saturated rings. The van der Waals surface area contributed by atoms with Gasteiger partial charge in [-0.25, -0.2) is 0 Å². The zero-order valence-electron chi connectivity index (χ0n) is 15.5. The highest BCUT2D eigenvalue weighted by molar-refractivity contribution is 6.05. The molecule has 0 bridgehead atoms. The molecule has 0 spiro atoms. The quantitative estimate of drug-likeness (QED) is 0.413. The van der Waals surface area contributed by atoms with E-state index in [1.54, 1.807) is 36.4 Å². The zero-order chi connectivity index (χ0) is 20.5. The number of benzene rings is 2. The first-order valence-corrected chi connectivity index (χ1v) is 8.23. The average Bonchev–Trinajstić information content (AvgIpc) is 2.71. The molecule has 0 amide bonds. The molecule has 0 atom stereocenters. The molecule has 0 radical (unpaired) electrons. The predicted molar refractivity (Wildman–Crippen MR) is 107 cm³/mol. The minimum atomic E-state index is -0.420. The molecule has 0 aliphatic heterocycles. The van der Waals surface area contributed by atoms with Crippen LogP contribution in [0.1, 0.15) is 11.1 Å². The summed E-state index contributed by atoms with van der Waals surface area (Å²) in [5.74, 6) is 2.83. The predicted octanol–water partition coefficient (Wildman–Crippen LogP) is 3.60. The normalized spacial score (nSPS) is 11.1. The summed E-state index contributed by atoms with van der Waals surface area (Å²) in [5.41, 5.74) is 1.05. The van der Waals surface area contributed by atoms with E-state index in [0.717, 1.165) is 6.08 Å². The zero-order valence-corrected chi connectivity index (χ0v) is 15.5. The number of carbonyl (C=O) groups excluding carboxylic acids is 1. The summed E-state index contributed by atoms with van der Waals surface area (Å²) in [5, 5.41) is 19.8. The second kappa shape index (κ2) is 9.74. The van der Waals surface area contributed by atoms with E-state index < -0.39 is 5.78 Å². The van der Waals surface area contributed by atoms with E-state index in [4.69, 9.17) is 20.6 Å². The second-order valence-electron chi connectivity index (χ2n) is 5.56. The Morgan fingerprint density at radius 1 is 1.11 bits per heavy atom. The summed E-state index contributed by atoms with van der Waals surface area (Å²) in [4.78, 5) is 12.1. The minimum absolute atomic E-state index is 0.00661. The van der Waals surface area contributed by atoms with Gasteiger partial charge in [-0.2, -0.15) is 0 Å². The number of ketones is 1. The van der Waals surface area contributed by atoms with E-state index in [1.807, 2.05) is 0 Å². The van der Waals surface area contributed by atoms with Crippen molar-refractivity contribution in [3.8, 4) is 35.3 Å². The second-order valence-corrected chi connectivity index (χ2v) is 5.56. The van der Waals surface area contributed by atoms with E-state index in [9.17, 15) is 15.0 Å². The maximum Gasteiger partial charge on any atom is 0.182 e. The number of aromatic hydroxyl groups is 1. The number of hydrogen-bond acceptors (Lipinski definition) is 6. The number of aliphatic hydroxyl groups is 1. The Morgan fingerprint density at radius 3 is 2.54 bits per heavy atom. The number of terminal acetylenes is 1. The van der Waals surface area contributed by atoms with Crippen molar-refractivity contribution in [3.63, 3.8) is 0 Å². The molecular formula is C22H20O6. The number of rotatable bonds is 8. The Bertz CT molecular complexity index is 950. The molecule has 6 nitrogen and oxygen atoms in total. The van der Waals surface area contributed by atoms with Gasteiger partial charge in [0.1, 0.15) is 12.4 Å². The van der Waals surface area contributed by atoms with Gasteiger partial charge in [0.05, 0.1) is 14.2 Å². The summed E-state index contributed by atoms with van der Waals surface area (Å²) < 4.78 is 15.6.